The molecular weight excluding hydrogens is 270 g/mol. The van der Waals surface area contributed by atoms with E-state index < -0.39 is 9.05 Å². The monoisotopic (exact) mass is 270 g/mol. The number of hydrogen-bond donors (Lipinski definition) is 0. The third-order valence-electron chi connectivity index (χ3n) is 0. The first-order valence-electron chi connectivity index (χ1n) is 0.816. The molecule has 0 amide bonds. The minimum absolute atomic E-state index is 0. The molecule has 4 nitrogen and oxygen atoms in total. The summed E-state index contributed by atoms with van der Waals surface area (Å²) in [6, 6.07) is 0. The Kier molecular flexibility index (Phi) is 14.7. The van der Waals surface area contributed by atoms with Crippen LogP contribution in [0.1, 0.15) is 0 Å². The Balaban J connectivity index is -0.0000000800. The smallest absolute Gasteiger partial charge is 0.894 e. The Hall–Kier alpha value is 2.26. The van der Waals surface area contributed by atoms with E-state index in [1.807, 2.05) is 0 Å². The Bertz CT molecular complexity index is 25.2. The van der Waals surface area contributed by atoms with Gasteiger partial charge in [0.1, 0.15) is 0 Å². The zero-order valence-corrected chi connectivity index (χ0v) is 9.96. The fourth-order valence-electron chi connectivity index (χ4n) is 0. The van der Waals surface area contributed by atoms with Crippen molar-refractivity contribution in [1.29, 1.82) is 0 Å². The Morgan fingerprint density at radius 3 is 0.714 bits per heavy atom. The second kappa shape index (κ2) is 6.39. The van der Waals surface area contributed by atoms with E-state index >= 15 is 0 Å². The maximum absolute atomic E-state index is 8.58. The molecule has 0 saturated carbocycles. The predicted molar refractivity (Wildman–Crippen MR) is 5.75 cm³/mol. The zero-order valence-electron chi connectivity index (χ0n) is 3.29. The molecule has 0 rings (SSSR count). The second-order valence-electron chi connectivity index (χ2n) is 0.500. The molecule has 0 aromatic rings. The average Bonchev–Trinajstić information content (AvgIpc) is 0.722. The molecule has 0 N–H and O–H groups in total. The maximum Gasteiger partial charge on any atom is 3.00 e. The third-order valence-corrected chi connectivity index (χ3v) is 0. The van der Waals surface area contributed by atoms with Crippen LogP contribution in [0.25, 0.3) is 0 Å². The van der Waals surface area contributed by atoms with E-state index in [-0.39, 0.29) is 65.4 Å². The van der Waals surface area contributed by atoms with Crippen molar-refractivity contribution >= 4 is 9.05 Å². The first kappa shape index (κ1) is 16.1. The first-order valence-corrected chi connectivity index (χ1v) is 2.45. The summed E-state index contributed by atoms with van der Waals surface area (Å²) in [4.78, 5) is 34.3. The zero-order chi connectivity index (χ0) is 4.50. The van der Waals surface area contributed by atoms with Gasteiger partial charge in [-0.2, -0.15) is 0 Å². The minimum atomic E-state index is -5.61. The van der Waals surface area contributed by atoms with Crippen molar-refractivity contribution in [3.8, 4) is 0 Å². The molecule has 0 fully saturated rings. The molecule has 0 aromatic carbocycles. The average molecular weight is 270 g/mol. The summed E-state index contributed by atoms with van der Waals surface area (Å²) < 4.78 is 0. The van der Waals surface area contributed by atoms with Crippen molar-refractivity contribution in [3.05, 3.63) is 0 Å². The van der Waals surface area contributed by atoms with Gasteiger partial charge in [0, 0.05) is 0 Å². The van der Waals surface area contributed by atoms with Gasteiger partial charge >= 0.3 is 65.4 Å². The summed E-state index contributed by atoms with van der Waals surface area (Å²) in [5.41, 5.74) is 0. The molecular formula is O4SiY2+2. The van der Waals surface area contributed by atoms with Crippen molar-refractivity contribution in [2.75, 3.05) is 0 Å². The van der Waals surface area contributed by atoms with Crippen LogP contribution in [0, 0.1) is 0 Å². The van der Waals surface area contributed by atoms with Crippen molar-refractivity contribution in [2.24, 2.45) is 0 Å². The van der Waals surface area contributed by atoms with Gasteiger partial charge in [-0.25, -0.2) is 0 Å². The van der Waals surface area contributed by atoms with Gasteiger partial charge in [0.15, 0.2) is 0 Å². The third kappa shape index (κ3) is 63.2. The van der Waals surface area contributed by atoms with Gasteiger partial charge in [0.05, 0.1) is 0 Å². The van der Waals surface area contributed by atoms with Crippen LogP contribution in [0.4, 0.5) is 0 Å². The molecule has 32 valence electrons. The standard InChI is InChI=1S/O4Si.2Y/c1-5(2,3)4;;/q-4;2*+3. The van der Waals surface area contributed by atoms with E-state index in [9.17, 15) is 0 Å². The van der Waals surface area contributed by atoms with Gasteiger partial charge in [-0.15, -0.1) is 0 Å². The molecule has 0 atom stereocenters. The summed E-state index contributed by atoms with van der Waals surface area (Å²) in [5, 5.41) is 0. The van der Waals surface area contributed by atoms with E-state index in [0.717, 1.165) is 0 Å². The Morgan fingerprint density at radius 1 is 0.714 bits per heavy atom. The van der Waals surface area contributed by atoms with Crippen LogP contribution in [0.2, 0.25) is 0 Å². The van der Waals surface area contributed by atoms with E-state index in [0.29, 0.717) is 0 Å². The van der Waals surface area contributed by atoms with Crippen LogP contribution in [-0.4, -0.2) is 9.05 Å². The van der Waals surface area contributed by atoms with Crippen molar-refractivity contribution in [1.82, 2.24) is 0 Å². The first-order chi connectivity index (χ1) is 2.00. The number of rotatable bonds is 0. The fourth-order valence-corrected chi connectivity index (χ4v) is 0. The molecule has 0 spiro atoms. The van der Waals surface area contributed by atoms with Crippen molar-refractivity contribution in [2.45, 2.75) is 0 Å². The molecule has 0 radical (unpaired) electrons. The molecule has 0 heterocycles. The van der Waals surface area contributed by atoms with Gasteiger partial charge in [-0.05, 0) is 0 Å². The van der Waals surface area contributed by atoms with Gasteiger partial charge in [0.25, 0.3) is 0 Å². The molecule has 0 unspecified atom stereocenters. The fraction of sp³-hybridized carbons (Fsp3) is 0. The second-order valence-corrected chi connectivity index (χ2v) is 1.50. The molecule has 0 aliphatic carbocycles. The predicted octanol–water partition coefficient (Wildman–Crippen LogP) is -5.14. The molecule has 0 saturated heterocycles. The minimum Gasteiger partial charge on any atom is -0.894 e. The van der Waals surface area contributed by atoms with Crippen molar-refractivity contribution < 1.29 is 84.6 Å². The van der Waals surface area contributed by atoms with Crippen LogP contribution in [-0.2, 0) is 65.4 Å². The maximum atomic E-state index is 8.58. The summed E-state index contributed by atoms with van der Waals surface area (Å²) in [5.74, 6) is 0. The van der Waals surface area contributed by atoms with Crippen LogP contribution >= 0.6 is 0 Å². The normalized spacial score (nSPS) is 8.57. The van der Waals surface area contributed by atoms with E-state index in [4.69, 9.17) is 19.2 Å². The summed E-state index contributed by atoms with van der Waals surface area (Å²) in [6.45, 7) is 0. The van der Waals surface area contributed by atoms with E-state index in [1.54, 1.807) is 0 Å². The SMILES string of the molecule is [O-][Si]([O-])([O-])[O-].[Y+3].[Y+3]. The summed E-state index contributed by atoms with van der Waals surface area (Å²) in [6.07, 6.45) is 0. The van der Waals surface area contributed by atoms with Crippen LogP contribution in [0.3, 0.4) is 0 Å². The molecule has 7 heteroatoms. The van der Waals surface area contributed by atoms with Crippen LogP contribution < -0.4 is 19.2 Å². The van der Waals surface area contributed by atoms with Crippen LogP contribution in [0.15, 0.2) is 0 Å². The van der Waals surface area contributed by atoms with Gasteiger partial charge in [-0.3, -0.25) is 0 Å². The van der Waals surface area contributed by atoms with Crippen LogP contribution in [0.5, 0.6) is 0 Å². The molecule has 0 aromatic heterocycles. The Labute approximate surface area is 92.2 Å². The number of hydrogen-bond acceptors (Lipinski definition) is 4. The Morgan fingerprint density at radius 2 is 0.714 bits per heavy atom. The largest absolute Gasteiger partial charge is 3.00 e. The molecule has 0 aliphatic rings. The summed E-state index contributed by atoms with van der Waals surface area (Å²) >= 11 is 0. The van der Waals surface area contributed by atoms with E-state index in [2.05, 4.69) is 0 Å². The molecule has 7 heavy (non-hydrogen) atoms. The summed E-state index contributed by atoms with van der Waals surface area (Å²) in [7, 11) is -5.61. The molecule has 0 bridgehead atoms. The van der Waals surface area contributed by atoms with E-state index in [1.165, 1.54) is 0 Å². The van der Waals surface area contributed by atoms with Crippen molar-refractivity contribution in [3.63, 3.8) is 0 Å². The molecule has 0 aliphatic heterocycles. The quantitative estimate of drug-likeness (QED) is 0.411. The van der Waals surface area contributed by atoms with Gasteiger partial charge < -0.3 is 28.2 Å². The van der Waals surface area contributed by atoms with Gasteiger partial charge in [0.2, 0.25) is 0 Å². The van der Waals surface area contributed by atoms with Gasteiger partial charge in [-0.1, -0.05) is 0 Å². The topological polar surface area (TPSA) is 92.2 Å².